The molecule has 0 heterocycles. The summed E-state index contributed by atoms with van der Waals surface area (Å²) in [6.07, 6.45) is 0.798. The molecule has 0 amide bonds. The van der Waals surface area contributed by atoms with E-state index in [0.29, 0.717) is 13.1 Å². The van der Waals surface area contributed by atoms with Gasteiger partial charge >= 0.3 is 11.9 Å². The van der Waals surface area contributed by atoms with Crippen molar-refractivity contribution in [3.63, 3.8) is 0 Å². The van der Waals surface area contributed by atoms with Crippen LogP contribution >= 0.6 is 0 Å². The summed E-state index contributed by atoms with van der Waals surface area (Å²) >= 11 is 0. The zero-order valence-corrected chi connectivity index (χ0v) is 10.1. The van der Waals surface area contributed by atoms with Crippen molar-refractivity contribution in [1.29, 1.82) is 0 Å². The first-order valence-corrected chi connectivity index (χ1v) is 5.58. The quantitative estimate of drug-likeness (QED) is 0.658. The number of nitrogens with zero attached hydrogens (tertiary/aromatic N) is 1. The third-order valence-electron chi connectivity index (χ3n) is 2.40. The van der Waals surface area contributed by atoms with Crippen LogP contribution in [0.1, 0.15) is 33.6 Å². The Kier molecular flexibility index (Phi) is 6.72. The molecule has 0 bridgehead atoms. The second-order valence-electron chi connectivity index (χ2n) is 4.21. The molecule has 0 saturated carbocycles. The molecule has 16 heavy (non-hydrogen) atoms. The average molecular weight is 231 g/mol. The van der Waals surface area contributed by atoms with Gasteiger partial charge in [0, 0.05) is 6.54 Å². The Morgan fingerprint density at radius 2 is 1.75 bits per heavy atom. The third kappa shape index (κ3) is 5.11. The second kappa shape index (κ2) is 7.22. The first-order chi connectivity index (χ1) is 7.40. The van der Waals surface area contributed by atoms with Crippen LogP contribution in [-0.4, -0.2) is 46.2 Å². The number of carboxylic acid groups (broad SMARTS) is 2. The van der Waals surface area contributed by atoms with E-state index in [-0.39, 0.29) is 12.3 Å². The summed E-state index contributed by atoms with van der Waals surface area (Å²) < 4.78 is 0. The summed E-state index contributed by atoms with van der Waals surface area (Å²) in [5.41, 5.74) is 0. The Hall–Kier alpha value is -1.10. The Morgan fingerprint density at radius 1 is 1.19 bits per heavy atom. The molecule has 0 aliphatic rings. The molecule has 0 spiro atoms. The molecule has 0 aliphatic carbocycles. The maximum atomic E-state index is 11.1. The molecule has 0 aliphatic heterocycles. The zero-order valence-electron chi connectivity index (χ0n) is 10.1. The molecule has 0 aromatic heterocycles. The van der Waals surface area contributed by atoms with Gasteiger partial charge in [0.05, 0.1) is 6.42 Å². The monoisotopic (exact) mass is 231 g/mol. The predicted molar refractivity (Wildman–Crippen MR) is 60.4 cm³/mol. The molecule has 0 aromatic rings. The predicted octanol–water partition coefficient (Wildman–Crippen LogP) is 1.28. The topological polar surface area (TPSA) is 77.8 Å². The van der Waals surface area contributed by atoms with Crippen LogP contribution in [0.5, 0.6) is 0 Å². The fourth-order valence-electron chi connectivity index (χ4n) is 1.78. The van der Waals surface area contributed by atoms with Crippen LogP contribution in [0, 0.1) is 5.92 Å². The molecule has 0 radical (unpaired) electrons. The summed E-state index contributed by atoms with van der Waals surface area (Å²) in [4.78, 5) is 23.3. The van der Waals surface area contributed by atoms with Gasteiger partial charge in [0.15, 0.2) is 0 Å². The molecule has 0 saturated heterocycles. The molecule has 2 N–H and O–H groups in total. The highest BCUT2D eigenvalue weighted by molar-refractivity contribution is 5.74. The summed E-state index contributed by atoms with van der Waals surface area (Å²) in [5.74, 6) is -1.80. The second-order valence-corrected chi connectivity index (χ2v) is 4.21. The minimum atomic E-state index is -0.894. The lowest BCUT2D eigenvalue weighted by Gasteiger charge is -2.30. The highest BCUT2D eigenvalue weighted by Crippen LogP contribution is 2.12. The van der Waals surface area contributed by atoms with Crippen molar-refractivity contribution in [2.24, 2.45) is 5.92 Å². The van der Waals surface area contributed by atoms with Crippen LogP contribution in [0.25, 0.3) is 0 Å². The van der Waals surface area contributed by atoms with Gasteiger partial charge in [-0.05, 0) is 18.9 Å². The molecule has 1 unspecified atom stereocenters. The normalized spacial score (nSPS) is 13.1. The van der Waals surface area contributed by atoms with Gasteiger partial charge in [-0.25, -0.2) is 0 Å². The van der Waals surface area contributed by atoms with Crippen molar-refractivity contribution in [2.75, 3.05) is 13.1 Å². The van der Waals surface area contributed by atoms with Gasteiger partial charge in [-0.15, -0.1) is 0 Å². The first-order valence-electron chi connectivity index (χ1n) is 5.58. The highest BCUT2D eigenvalue weighted by atomic mass is 16.4. The van der Waals surface area contributed by atoms with E-state index in [4.69, 9.17) is 10.2 Å². The van der Waals surface area contributed by atoms with Gasteiger partial charge in [0.25, 0.3) is 0 Å². The lowest BCUT2D eigenvalue weighted by molar-refractivity contribution is -0.146. The number of carbonyl (C=O) groups is 2. The lowest BCUT2D eigenvalue weighted by Crippen LogP contribution is -2.46. The van der Waals surface area contributed by atoms with Crippen LogP contribution in [0.3, 0.4) is 0 Å². The minimum absolute atomic E-state index is 0.0174. The number of aliphatic carboxylic acids is 2. The molecule has 0 rings (SSSR count). The summed E-state index contributed by atoms with van der Waals surface area (Å²) in [7, 11) is 0. The van der Waals surface area contributed by atoms with Gasteiger partial charge < -0.3 is 10.2 Å². The van der Waals surface area contributed by atoms with E-state index >= 15 is 0 Å². The van der Waals surface area contributed by atoms with Gasteiger partial charge in [-0.3, -0.25) is 14.5 Å². The molecule has 1 atom stereocenters. The standard InChI is InChI=1S/C11H21NO4/c1-4-6-12(7-5-9(13)14)10(8(2)3)11(15)16/h8,10H,4-7H2,1-3H3,(H,13,14)(H,15,16). The minimum Gasteiger partial charge on any atom is -0.481 e. The van der Waals surface area contributed by atoms with Gasteiger partial charge in [-0.2, -0.15) is 0 Å². The molecular formula is C11H21NO4. The van der Waals surface area contributed by atoms with Gasteiger partial charge in [0.2, 0.25) is 0 Å². The van der Waals surface area contributed by atoms with Crippen molar-refractivity contribution in [3.8, 4) is 0 Å². The largest absolute Gasteiger partial charge is 0.481 e. The third-order valence-corrected chi connectivity index (χ3v) is 2.40. The van der Waals surface area contributed by atoms with Crippen molar-refractivity contribution >= 4 is 11.9 Å². The van der Waals surface area contributed by atoms with Crippen molar-refractivity contribution in [3.05, 3.63) is 0 Å². The summed E-state index contributed by atoms with van der Waals surface area (Å²) in [5, 5.41) is 17.7. The number of hydrogen-bond donors (Lipinski definition) is 2. The van der Waals surface area contributed by atoms with E-state index in [1.54, 1.807) is 4.90 Å². The smallest absolute Gasteiger partial charge is 0.321 e. The SMILES string of the molecule is CCCN(CCC(=O)O)C(C(=O)O)C(C)C. The fourth-order valence-corrected chi connectivity index (χ4v) is 1.78. The molecule has 94 valence electrons. The van der Waals surface area contributed by atoms with Crippen molar-refractivity contribution < 1.29 is 19.8 Å². The van der Waals surface area contributed by atoms with E-state index in [2.05, 4.69) is 0 Å². The van der Waals surface area contributed by atoms with E-state index < -0.39 is 18.0 Å². The number of carboxylic acids is 2. The van der Waals surface area contributed by atoms with E-state index in [1.807, 2.05) is 20.8 Å². The molecule has 0 aromatic carbocycles. The summed E-state index contributed by atoms with van der Waals surface area (Å²) in [6.45, 7) is 6.53. The number of hydrogen-bond acceptors (Lipinski definition) is 3. The van der Waals surface area contributed by atoms with Crippen LogP contribution in [0.2, 0.25) is 0 Å². The van der Waals surface area contributed by atoms with Crippen molar-refractivity contribution in [1.82, 2.24) is 4.90 Å². The maximum Gasteiger partial charge on any atom is 0.321 e. The van der Waals surface area contributed by atoms with Crippen LogP contribution in [0.15, 0.2) is 0 Å². The van der Waals surface area contributed by atoms with Crippen LogP contribution in [-0.2, 0) is 9.59 Å². The molecule has 5 heteroatoms. The fraction of sp³-hybridized carbons (Fsp3) is 0.818. The lowest BCUT2D eigenvalue weighted by atomic mass is 10.0. The Labute approximate surface area is 96.1 Å². The Balaban J connectivity index is 4.56. The molecule has 5 nitrogen and oxygen atoms in total. The summed E-state index contributed by atoms with van der Waals surface area (Å²) in [6, 6.07) is -0.598. The Morgan fingerprint density at radius 3 is 2.06 bits per heavy atom. The van der Waals surface area contributed by atoms with Crippen LogP contribution in [0.4, 0.5) is 0 Å². The maximum absolute atomic E-state index is 11.1. The van der Waals surface area contributed by atoms with Gasteiger partial charge in [-0.1, -0.05) is 20.8 Å². The van der Waals surface area contributed by atoms with E-state index in [9.17, 15) is 9.59 Å². The first kappa shape index (κ1) is 14.9. The highest BCUT2D eigenvalue weighted by Gasteiger charge is 2.28. The van der Waals surface area contributed by atoms with E-state index in [1.165, 1.54) is 0 Å². The molecular weight excluding hydrogens is 210 g/mol. The average Bonchev–Trinajstić information content (AvgIpc) is 2.13. The number of rotatable bonds is 8. The zero-order chi connectivity index (χ0) is 12.7. The molecule has 0 fully saturated rings. The Bertz CT molecular complexity index is 240. The van der Waals surface area contributed by atoms with Crippen molar-refractivity contribution in [2.45, 2.75) is 39.7 Å². The van der Waals surface area contributed by atoms with Gasteiger partial charge in [0.1, 0.15) is 6.04 Å². The van der Waals surface area contributed by atoms with E-state index in [0.717, 1.165) is 6.42 Å². The van der Waals surface area contributed by atoms with Crippen LogP contribution < -0.4 is 0 Å².